The molecule has 7 heteroatoms. The van der Waals surface area contributed by atoms with Crippen LogP contribution < -0.4 is 10.2 Å². The topological polar surface area (TPSA) is 86.8 Å². The van der Waals surface area contributed by atoms with Crippen molar-refractivity contribution in [2.24, 2.45) is 0 Å². The van der Waals surface area contributed by atoms with Crippen LogP contribution in [0.4, 0.5) is 11.4 Å². The van der Waals surface area contributed by atoms with E-state index in [1.54, 1.807) is 41.3 Å². The standard InChI is InChI=1S/C23H23N3O4/c1-2-3-12-26-22(29)18-11-6-15(14-19(18)23(26)30)21(28)24-16-7-9-17(10-8-16)25-13-4-5-20(25)27/h6-11,14H,2-5,12-13H2,1H3,(H,24,28). The second-order valence-electron chi connectivity index (χ2n) is 7.53. The van der Waals surface area contributed by atoms with Gasteiger partial charge in [-0.05, 0) is 55.3 Å². The summed E-state index contributed by atoms with van der Waals surface area (Å²) < 4.78 is 0. The van der Waals surface area contributed by atoms with E-state index in [2.05, 4.69) is 5.32 Å². The molecule has 1 saturated heterocycles. The molecule has 7 nitrogen and oxygen atoms in total. The molecule has 154 valence electrons. The third-order valence-corrected chi connectivity index (χ3v) is 5.48. The number of nitrogens with one attached hydrogen (secondary N) is 1. The van der Waals surface area contributed by atoms with Crippen LogP contribution in [0.15, 0.2) is 42.5 Å². The molecule has 2 heterocycles. The number of fused-ring (bicyclic) bond motifs is 1. The van der Waals surface area contributed by atoms with Gasteiger partial charge in [0.05, 0.1) is 11.1 Å². The maximum atomic E-state index is 12.7. The number of carbonyl (C=O) groups excluding carboxylic acids is 4. The minimum Gasteiger partial charge on any atom is -0.322 e. The van der Waals surface area contributed by atoms with E-state index < -0.39 is 0 Å². The largest absolute Gasteiger partial charge is 0.322 e. The zero-order valence-corrected chi connectivity index (χ0v) is 16.8. The van der Waals surface area contributed by atoms with Crippen molar-refractivity contribution in [2.45, 2.75) is 32.6 Å². The van der Waals surface area contributed by atoms with Crippen molar-refractivity contribution in [2.75, 3.05) is 23.3 Å². The molecule has 2 aromatic rings. The van der Waals surface area contributed by atoms with Crippen molar-refractivity contribution in [1.29, 1.82) is 0 Å². The number of benzene rings is 2. The first-order chi connectivity index (χ1) is 14.5. The maximum absolute atomic E-state index is 12.7. The third-order valence-electron chi connectivity index (χ3n) is 5.48. The normalized spacial score (nSPS) is 15.7. The van der Waals surface area contributed by atoms with Crippen molar-refractivity contribution >= 4 is 35.0 Å². The molecule has 4 amide bonds. The van der Waals surface area contributed by atoms with Crippen LogP contribution in [0.5, 0.6) is 0 Å². The van der Waals surface area contributed by atoms with Crippen LogP contribution in [0, 0.1) is 0 Å². The number of rotatable bonds is 6. The monoisotopic (exact) mass is 405 g/mol. The van der Waals surface area contributed by atoms with Gasteiger partial charge in [0.25, 0.3) is 17.7 Å². The highest BCUT2D eigenvalue weighted by Crippen LogP contribution is 2.26. The lowest BCUT2D eigenvalue weighted by Crippen LogP contribution is -2.30. The molecule has 1 N–H and O–H groups in total. The number of hydrogen-bond donors (Lipinski definition) is 1. The summed E-state index contributed by atoms with van der Waals surface area (Å²) in [5.74, 6) is -0.910. The number of nitrogens with zero attached hydrogens (tertiary/aromatic N) is 2. The summed E-state index contributed by atoms with van der Waals surface area (Å²) in [5, 5.41) is 2.80. The van der Waals surface area contributed by atoms with Crippen molar-refractivity contribution < 1.29 is 19.2 Å². The van der Waals surface area contributed by atoms with E-state index in [1.807, 2.05) is 6.92 Å². The van der Waals surface area contributed by atoms with Crippen molar-refractivity contribution in [1.82, 2.24) is 4.90 Å². The zero-order chi connectivity index (χ0) is 21.3. The molecule has 2 aromatic carbocycles. The quantitative estimate of drug-likeness (QED) is 0.746. The average molecular weight is 405 g/mol. The highest BCUT2D eigenvalue weighted by Gasteiger charge is 2.35. The van der Waals surface area contributed by atoms with E-state index in [9.17, 15) is 19.2 Å². The van der Waals surface area contributed by atoms with E-state index >= 15 is 0 Å². The highest BCUT2D eigenvalue weighted by atomic mass is 16.2. The number of amides is 4. The summed E-state index contributed by atoms with van der Waals surface area (Å²) >= 11 is 0. The Balaban J connectivity index is 1.47. The Labute approximate surface area is 174 Å². The van der Waals surface area contributed by atoms with Crippen molar-refractivity contribution in [3.05, 3.63) is 59.2 Å². The number of anilines is 2. The lowest BCUT2D eigenvalue weighted by Gasteiger charge is -2.16. The molecular formula is C23H23N3O4. The van der Waals surface area contributed by atoms with Crippen LogP contribution in [0.1, 0.15) is 63.7 Å². The van der Waals surface area contributed by atoms with Gasteiger partial charge < -0.3 is 10.2 Å². The van der Waals surface area contributed by atoms with Gasteiger partial charge >= 0.3 is 0 Å². The second-order valence-corrected chi connectivity index (χ2v) is 7.53. The summed E-state index contributed by atoms with van der Waals surface area (Å²) in [6, 6.07) is 11.7. The van der Waals surface area contributed by atoms with Crippen LogP contribution in [0.3, 0.4) is 0 Å². The van der Waals surface area contributed by atoms with Crippen LogP contribution in [-0.4, -0.2) is 41.6 Å². The molecular weight excluding hydrogens is 382 g/mol. The smallest absolute Gasteiger partial charge is 0.261 e. The lowest BCUT2D eigenvalue weighted by molar-refractivity contribution is -0.117. The molecule has 2 aliphatic heterocycles. The molecule has 0 spiro atoms. The minimum atomic E-state index is -0.366. The van der Waals surface area contributed by atoms with Crippen LogP contribution >= 0.6 is 0 Å². The summed E-state index contributed by atoms with van der Waals surface area (Å²) in [6.07, 6.45) is 3.05. The predicted molar refractivity (Wildman–Crippen MR) is 113 cm³/mol. The lowest BCUT2D eigenvalue weighted by atomic mass is 10.1. The third kappa shape index (κ3) is 3.58. The fourth-order valence-electron chi connectivity index (χ4n) is 3.80. The first kappa shape index (κ1) is 19.8. The van der Waals surface area contributed by atoms with Gasteiger partial charge in [-0.3, -0.25) is 24.1 Å². The SMILES string of the molecule is CCCCN1C(=O)c2ccc(C(=O)Nc3ccc(N4CCCC4=O)cc3)cc2C1=O. The average Bonchev–Trinajstić information content (AvgIpc) is 3.28. The molecule has 2 aliphatic rings. The highest BCUT2D eigenvalue weighted by molar-refractivity contribution is 6.22. The van der Waals surface area contributed by atoms with Crippen LogP contribution in [0.2, 0.25) is 0 Å². The molecule has 0 unspecified atom stereocenters. The first-order valence-electron chi connectivity index (χ1n) is 10.2. The van der Waals surface area contributed by atoms with Gasteiger partial charge in [-0.1, -0.05) is 13.3 Å². The van der Waals surface area contributed by atoms with E-state index in [0.717, 1.165) is 24.9 Å². The van der Waals surface area contributed by atoms with Crippen molar-refractivity contribution in [3.63, 3.8) is 0 Å². The second kappa shape index (κ2) is 8.10. The maximum Gasteiger partial charge on any atom is 0.261 e. The van der Waals surface area contributed by atoms with Gasteiger partial charge in [0.15, 0.2) is 0 Å². The van der Waals surface area contributed by atoms with Crippen molar-refractivity contribution in [3.8, 4) is 0 Å². The van der Waals surface area contributed by atoms with E-state index in [4.69, 9.17) is 0 Å². The number of hydrogen-bond acceptors (Lipinski definition) is 4. The Morgan fingerprint density at radius 2 is 1.73 bits per heavy atom. The van der Waals surface area contributed by atoms with Gasteiger partial charge in [0, 0.05) is 36.4 Å². The van der Waals surface area contributed by atoms with Gasteiger partial charge in [-0.2, -0.15) is 0 Å². The Hall–Kier alpha value is -3.48. The van der Waals surface area contributed by atoms with Gasteiger partial charge in [0.1, 0.15) is 0 Å². The van der Waals surface area contributed by atoms with Crippen LogP contribution in [-0.2, 0) is 4.79 Å². The van der Waals surface area contributed by atoms with Gasteiger partial charge in [0.2, 0.25) is 5.91 Å². The summed E-state index contributed by atoms with van der Waals surface area (Å²) in [6.45, 7) is 3.09. The molecule has 30 heavy (non-hydrogen) atoms. The number of carbonyl (C=O) groups is 4. The number of imide groups is 1. The fourth-order valence-corrected chi connectivity index (χ4v) is 3.80. The zero-order valence-electron chi connectivity index (χ0n) is 16.8. The summed E-state index contributed by atoms with van der Waals surface area (Å²) in [7, 11) is 0. The summed E-state index contributed by atoms with van der Waals surface area (Å²) in [4.78, 5) is 52.5. The number of unbranched alkanes of at least 4 members (excludes halogenated alkanes) is 1. The molecule has 0 atom stereocenters. The van der Waals surface area contributed by atoms with E-state index in [0.29, 0.717) is 36.3 Å². The molecule has 0 aromatic heterocycles. The van der Waals surface area contributed by atoms with Crippen LogP contribution in [0.25, 0.3) is 0 Å². The Kier molecular flexibility index (Phi) is 5.35. The predicted octanol–water partition coefficient (Wildman–Crippen LogP) is 3.46. The molecule has 0 bridgehead atoms. The minimum absolute atomic E-state index is 0.108. The fraction of sp³-hybridized carbons (Fsp3) is 0.304. The Morgan fingerprint density at radius 1 is 1.00 bits per heavy atom. The van der Waals surface area contributed by atoms with Gasteiger partial charge in [-0.25, -0.2) is 0 Å². The van der Waals surface area contributed by atoms with E-state index in [-0.39, 0.29) is 29.2 Å². The Morgan fingerprint density at radius 3 is 2.40 bits per heavy atom. The summed E-state index contributed by atoms with van der Waals surface area (Å²) in [5.41, 5.74) is 2.32. The molecule has 0 aliphatic carbocycles. The molecule has 0 radical (unpaired) electrons. The first-order valence-corrected chi connectivity index (χ1v) is 10.2. The molecule has 0 saturated carbocycles. The van der Waals surface area contributed by atoms with E-state index in [1.165, 1.54) is 11.0 Å². The molecule has 4 rings (SSSR count). The molecule has 1 fully saturated rings. The Bertz CT molecular complexity index is 1030. The van der Waals surface area contributed by atoms with Gasteiger partial charge in [-0.15, -0.1) is 0 Å².